The van der Waals surface area contributed by atoms with Crippen LogP contribution in [0.15, 0.2) is 22.7 Å². The van der Waals surface area contributed by atoms with Crippen molar-refractivity contribution >= 4 is 21.7 Å². The van der Waals surface area contributed by atoms with Gasteiger partial charge in [0.25, 0.3) is 0 Å². The van der Waals surface area contributed by atoms with Crippen molar-refractivity contribution in [3.8, 4) is 5.75 Å². The maximum atomic E-state index is 12.2. The fraction of sp³-hybridized carbons (Fsp3) is 0.500. The van der Waals surface area contributed by atoms with Crippen molar-refractivity contribution in [2.75, 3.05) is 0 Å². The summed E-state index contributed by atoms with van der Waals surface area (Å²) in [5.74, 6) is 1.72. The Bertz CT molecular complexity index is 479. The minimum absolute atomic E-state index is 0.204. The summed E-state index contributed by atoms with van der Waals surface area (Å²) >= 11 is 3.39. The number of ether oxygens (including phenoxy) is 1. The summed E-state index contributed by atoms with van der Waals surface area (Å²) in [6.07, 6.45) is 4.10. The van der Waals surface area contributed by atoms with Gasteiger partial charge in [0.1, 0.15) is 11.4 Å². The second-order valence-corrected chi connectivity index (χ2v) is 6.36. The molecule has 17 heavy (non-hydrogen) atoms. The highest BCUT2D eigenvalue weighted by atomic mass is 79.9. The maximum absolute atomic E-state index is 12.2. The van der Waals surface area contributed by atoms with Crippen LogP contribution < -0.4 is 4.74 Å². The molecule has 1 fully saturated rings. The minimum atomic E-state index is -0.293. The topological polar surface area (TPSA) is 26.3 Å². The van der Waals surface area contributed by atoms with Gasteiger partial charge in [0.05, 0.1) is 12.0 Å². The molecule has 1 unspecified atom stereocenters. The Morgan fingerprint density at radius 1 is 1.47 bits per heavy atom. The average molecular weight is 295 g/mol. The van der Waals surface area contributed by atoms with Crippen LogP contribution in [0.1, 0.15) is 43.0 Å². The highest BCUT2D eigenvalue weighted by Crippen LogP contribution is 2.43. The summed E-state index contributed by atoms with van der Waals surface area (Å²) in [5, 5.41) is 0. The molecule has 0 spiro atoms. The maximum Gasteiger partial charge on any atom is 0.170 e. The van der Waals surface area contributed by atoms with Crippen LogP contribution in [0.5, 0.6) is 5.75 Å². The fourth-order valence-electron chi connectivity index (χ4n) is 2.59. The molecule has 0 aromatic heterocycles. The first-order valence-electron chi connectivity index (χ1n) is 6.07. The molecule has 1 heterocycles. The van der Waals surface area contributed by atoms with Gasteiger partial charge < -0.3 is 4.74 Å². The Morgan fingerprint density at radius 2 is 2.24 bits per heavy atom. The normalized spacial score (nSPS) is 27.5. The van der Waals surface area contributed by atoms with E-state index in [4.69, 9.17) is 4.74 Å². The predicted molar refractivity (Wildman–Crippen MR) is 69.5 cm³/mol. The van der Waals surface area contributed by atoms with E-state index in [1.165, 1.54) is 12.8 Å². The summed E-state index contributed by atoms with van der Waals surface area (Å²) in [6.45, 7) is 2.06. The zero-order valence-corrected chi connectivity index (χ0v) is 11.4. The molecule has 1 saturated carbocycles. The number of halogens is 1. The van der Waals surface area contributed by atoms with Gasteiger partial charge in [-0.15, -0.1) is 0 Å². The third kappa shape index (κ3) is 2.25. The third-order valence-corrected chi connectivity index (χ3v) is 4.04. The first-order chi connectivity index (χ1) is 8.06. The van der Waals surface area contributed by atoms with E-state index in [2.05, 4.69) is 22.9 Å². The first-order valence-corrected chi connectivity index (χ1v) is 6.87. The van der Waals surface area contributed by atoms with Gasteiger partial charge >= 0.3 is 0 Å². The van der Waals surface area contributed by atoms with E-state index in [1.807, 2.05) is 18.2 Å². The molecule has 1 aliphatic heterocycles. The van der Waals surface area contributed by atoms with Crippen LogP contribution in [0.4, 0.5) is 0 Å². The largest absolute Gasteiger partial charge is 0.486 e. The fourth-order valence-corrected chi connectivity index (χ4v) is 2.95. The zero-order valence-electron chi connectivity index (χ0n) is 9.83. The molecule has 1 aromatic carbocycles. The van der Waals surface area contributed by atoms with Crippen LogP contribution in [0.25, 0.3) is 0 Å². The van der Waals surface area contributed by atoms with Crippen LogP contribution in [-0.4, -0.2) is 11.4 Å². The second-order valence-electron chi connectivity index (χ2n) is 5.44. The van der Waals surface area contributed by atoms with Gasteiger partial charge in [-0.05, 0) is 37.5 Å². The van der Waals surface area contributed by atoms with Crippen molar-refractivity contribution < 1.29 is 9.53 Å². The summed E-state index contributed by atoms with van der Waals surface area (Å²) in [4.78, 5) is 12.2. The van der Waals surface area contributed by atoms with Crippen molar-refractivity contribution in [3.05, 3.63) is 28.2 Å². The van der Waals surface area contributed by atoms with Gasteiger partial charge in [0.15, 0.2) is 5.78 Å². The Hall–Kier alpha value is -0.830. The molecule has 0 saturated heterocycles. The summed E-state index contributed by atoms with van der Waals surface area (Å²) in [6, 6.07) is 5.67. The molecule has 0 amide bonds. The Labute approximate surface area is 109 Å². The molecule has 0 radical (unpaired) electrons. The number of carbonyl (C=O) groups is 1. The highest BCUT2D eigenvalue weighted by Gasteiger charge is 2.40. The summed E-state index contributed by atoms with van der Waals surface area (Å²) < 4.78 is 6.98. The number of hydrogen-bond acceptors (Lipinski definition) is 2. The van der Waals surface area contributed by atoms with E-state index in [0.29, 0.717) is 12.0 Å². The number of carbonyl (C=O) groups excluding carboxylic acids is 1. The molecule has 0 N–H and O–H groups in total. The number of hydrogen-bond donors (Lipinski definition) is 0. The van der Waals surface area contributed by atoms with E-state index in [-0.39, 0.29) is 11.4 Å². The van der Waals surface area contributed by atoms with Crippen molar-refractivity contribution in [1.82, 2.24) is 0 Å². The average Bonchev–Trinajstić information content (AvgIpc) is 3.03. The first kappa shape index (κ1) is 11.3. The number of fused-ring (bicyclic) bond motifs is 1. The van der Waals surface area contributed by atoms with Gasteiger partial charge in [0.2, 0.25) is 0 Å². The molecule has 2 aliphatic rings. The van der Waals surface area contributed by atoms with E-state index in [1.54, 1.807) is 0 Å². The van der Waals surface area contributed by atoms with Crippen molar-refractivity contribution in [3.63, 3.8) is 0 Å². The summed E-state index contributed by atoms with van der Waals surface area (Å²) in [7, 11) is 0. The molecule has 90 valence electrons. The van der Waals surface area contributed by atoms with Crippen LogP contribution in [0.3, 0.4) is 0 Å². The Morgan fingerprint density at radius 3 is 2.94 bits per heavy atom. The molecule has 2 nitrogen and oxygen atoms in total. The zero-order chi connectivity index (χ0) is 12.0. The molecule has 0 bridgehead atoms. The van der Waals surface area contributed by atoms with Crippen LogP contribution in [0, 0.1) is 5.92 Å². The lowest BCUT2D eigenvalue weighted by molar-refractivity contribution is 0.0435. The molecule has 1 aromatic rings. The molecule has 1 aliphatic carbocycles. The van der Waals surface area contributed by atoms with Crippen LogP contribution in [0.2, 0.25) is 0 Å². The standard InChI is InChI=1S/C14H15BrO2/c1-14(7-9-2-3-9)8-12(16)11-6-10(15)4-5-13(11)17-14/h4-6,9H,2-3,7-8H2,1H3. The van der Waals surface area contributed by atoms with Gasteiger partial charge in [-0.1, -0.05) is 28.8 Å². The smallest absolute Gasteiger partial charge is 0.170 e. The molecule has 1 atom stereocenters. The lowest BCUT2D eigenvalue weighted by atomic mass is 9.87. The molecule has 3 heteroatoms. The van der Waals surface area contributed by atoms with Gasteiger partial charge in [0, 0.05) is 4.47 Å². The number of rotatable bonds is 2. The SMILES string of the molecule is CC1(CC2CC2)CC(=O)c2cc(Br)ccc2O1. The number of ketones is 1. The van der Waals surface area contributed by atoms with E-state index >= 15 is 0 Å². The molecular weight excluding hydrogens is 280 g/mol. The lowest BCUT2D eigenvalue weighted by Crippen LogP contribution is -2.39. The molecular formula is C14H15BrO2. The van der Waals surface area contributed by atoms with Crippen molar-refractivity contribution in [2.24, 2.45) is 5.92 Å². The van der Waals surface area contributed by atoms with E-state index < -0.39 is 0 Å². The Kier molecular flexibility index (Phi) is 2.54. The number of Topliss-reactive ketones (excluding diaryl/α,β-unsaturated/α-hetero) is 1. The van der Waals surface area contributed by atoms with Gasteiger partial charge in [-0.3, -0.25) is 4.79 Å². The van der Waals surface area contributed by atoms with Crippen LogP contribution in [-0.2, 0) is 0 Å². The minimum Gasteiger partial charge on any atom is -0.486 e. The highest BCUT2D eigenvalue weighted by molar-refractivity contribution is 9.10. The summed E-state index contributed by atoms with van der Waals surface area (Å²) in [5.41, 5.74) is 0.423. The number of benzene rings is 1. The van der Waals surface area contributed by atoms with Crippen molar-refractivity contribution in [2.45, 2.75) is 38.2 Å². The van der Waals surface area contributed by atoms with Gasteiger partial charge in [-0.25, -0.2) is 0 Å². The van der Waals surface area contributed by atoms with E-state index in [9.17, 15) is 4.79 Å². The Balaban J connectivity index is 1.91. The van der Waals surface area contributed by atoms with Gasteiger partial charge in [-0.2, -0.15) is 0 Å². The quantitative estimate of drug-likeness (QED) is 0.825. The lowest BCUT2D eigenvalue weighted by Gasteiger charge is -2.35. The monoisotopic (exact) mass is 294 g/mol. The third-order valence-electron chi connectivity index (χ3n) is 3.55. The molecule has 3 rings (SSSR count). The predicted octanol–water partition coefficient (Wildman–Crippen LogP) is 3.97. The van der Waals surface area contributed by atoms with Crippen LogP contribution >= 0.6 is 15.9 Å². The second kappa shape index (κ2) is 3.84. The van der Waals surface area contributed by atoms with E-state index in [0.717, 1.165) is 22.6 Å². The van der Waals surface area contributed by atoms with Crippen molar-refractivity contribution in [1.29, 1.82) is 0 Å².